The zero-order valence-corrected chi connectivity index (χ0v) is 8.43. The van der Waals surface area contributed by atoms with Crippen molar-refractivity contribution >= 4 is 0 Å². The van der Waals surface area contributed by atoms with E-state index in [-0.39, 0.29) is 0 Å². The van der Waals surface area contributed by atoms with Gasteiger partial charge in [-0.05, 0) is 31.3 Å². The Labute approximate surface area is 75.3 Å². The smallest absolute Gasteiger partial charge is 0.0125 e. The zero-order chi connectivity index (χ0) is 8.77. The third-order valence-electron chi connectivity index (χ3n) is 3.64. The first-order valence-corrected chi connectivity index (χ1v) is 5.01. The Kier molecular flexibility index (Phi) is 1.92. The van der Waals surface area contributed by atoms with Crippen LogP contribution in [0.2, 0.25) is 0 Å². The summed E-state index contributed by atoms with van der Waals surface area (Å²) < 4.78 is 0. The summed E-state index contributed by atoms with van der Waals surface area (Å²) in [6, 6.07) is 0.802. The molecule has 1 N–H and O–H groups in total. The van der Waals surface area contributed by atoms with Gasteiger partial charge >= 0.3 is 0 Å². The molecule has 70 valence electrons. The summed E-state index contributed by atoms with van der Waals surface area (Å²) in [5.41, 5.74) is 0.513. The number of nitrogens with one attached hydrogen (secondary N) is 1. The van der Waals surface area contributed by atoms with Crippen LogP contribution in [-0.4, -0.2) is 37.6 Å². The Morgan fingerprint density at radius 2 is 2.17 bits per heavy atom. The third-order valence-corrected chi connectivity index (χ3v) is 3.64. The van der Waals surface area contributed by atoms with Crippen molar-refractivity contribution in [1.29, 1.82) is 0 Å². The number of fused-ring (bicyclic) bond motifs is 1. The van der Waals surface area contributed by atoms with Gasteiger partial charge in [0.1, 0.15) is 0 Å². The van der Waals surface area contributed by atoms with E-state index in [0.29, 0.717) is 5.41 Å². The second-order valence-corrected chi connectivity index (χ2v) is 5.13. The second kappa shape index (κ2) is 2.71. The van der Waals surface area contributed by atoms with Crippen LogP contribution in [0.3, 0.4) is 0 Å². The summed E-state index contributed by atoms with van der Waals surface area (Å²) in [5.74, 6) is 0.872. The Bertz CT molecular complexity index is 177. The predicted octanol–water partition coefficient (Wildman–Crippen LogP) is 0.936. The molecule has 0 amide bonds. The lowest BCUT2D eigenvalue weighted by Crippen LogP contribution is -2.45. The molecule has 0 saturated carbocycles. The minimum atomic E-state index is 0.513. The van der Waals surface area contributed by atoms with Crippen molar-refractivity contribution in [3.63, 3.8) is 0 Å². The molecular formula is C10H20N2. The fourth-order valence-corrected chi connectivity index (χ4v) is 2.68. The van der Waals surface area contributed by atoms with Crippen molar-refractivity contribution < 1.29 is 0 Å². The van der Waals surface area contributed by atoms with E-state index in [4.69, 9.17) is 0 Å². The highest BCUT2D eigenvalue weighted by atomic mass is 15.1. The van der Waals surface area contributed by atoms with E-state index < -0.39 is 0 Å². The van der Waals surface area contributed by atoms with Crippen molar-refractivity contribution in [2.45, 2.75) is 26.3 Å². The van der Waals surface area contributed by atoms with E-state index in [2.05, 4.69) is 31.1 Å². The molecule has 2 fully saturated rings. The molecule has 0 radical (unpaired) electrons. The highest BCUT2D eigenvalue weighted by Gasteiger charge is 2.43. The number of rotatable bonds is 0. The van der Waals surface area contributed by atoms with Crippen LogP contribution in [0, 0.1) is 11.3 Å². The second-order valence-electron chi connectivity index (χ2n) is 5.13. The molecular weight excluding hydrogens is 148 g/mol. The highest BCUT2D eigenvalue weighted by molar-refractivity contribution is 4.99. The molecule has 2 atom stereocenters. The van der Waals surface area contributed by atoms with Crippen LogP contribution in [0.1, 0.15) is 20.3 Å². The lowest BCUT2D eigenvalue weighted by molar-refractivity contribution is 0.132. The molecule has 0 spiro atoms. The van der Waals surface area contributed by atoms with Crippen molar-refractivity contribution in [1.82, 2.24) is 10.2 Å². The molecule has 0 aliphatic carbocycles. The van der Waals surface area contributed by atoms with Gasteiger partial charge in [0.25, 0.3) is 0 Å². The maximum Gasteiger partial charge on any atom is 0.0125 e. The van der Waals surface area contributed by atoms with Crippen LogP contribution in [0.5, 0.6) is 0 Å². The Morgan fingerprint density at radius 3 is 2.92 bits per heavy atom. The van der Waals surface area contributed by atoms with E-state index in [1.54, 1.807) is 0 Å². The van der Waals surface area contributed by atoms with E-state index in [9.17, 15) is 0 Å². The Morgan fingerprint density at radius 1 is 1.42 bits per heavy atom. The van der Waals surface area contributed by atoms with Gasteiger partial charge in [-0.2, -0.15) is 0 Å². The first-order valence-electron chi connectivity index (χ1n) is 5.01. The predicted molar refractivity (Wildman–Crippen MR) is 51.2 cm³/mol. The fourth-order valence-electron chi connectivity index (χ4n) is 2.68. The maximum absolute atomic E-state index is 3.64. The molecule has 2 saturated heterocycles. The monoisotopic (exact) mass is 168 g/mol. The van der Waals surface area contributed by atoms with Crippen LogP contribution in [0.4, 0.5) is 0 Å². The molecule has 2 aliphatic heterocycles. The van der Waals surface area contributed by atoms with Crippen molar-refractivity contribution in [3.8, 4) is 0 Å². The first kappa shape index (κ1) is 8.52. The third kappa shape index (κ3) is 1.27. The number of piperidine rings is 1. The van der Waals surface area contributed by atoms with Gasteiger partial charge in [0.2, 0.25) is 0 Å². The first-order chi connectivity index (χ1) is 5.59. The van der Waals surface area contributed by atoms with Gasteiger partial charge in [-0.1, -0.05) is 13.8 Å². The highest BCUT2D eigenvalue weighted by Crippen LogP contribution is 2.37. The summed E-state index contributed by atoms with van der Waals surface area (Å²) in [6.45, 7) is 8.54. The molecule has 0 aromatic rings. The standard InChI is InChI=1S/C10H20N2/c1-10(2)7-11-9-4-5-12(3)6-8(9)10/h8-9,11H,4-7H2,1-3H3. The van der Waals surface area contributed by atoms with Crippen molar-refractivity contribution in [2.75, 3.05) is 26.7 Å². The molecule has 2 rings (SSSR count). The SMILES string of the molecule is CN1CCC2NCC(C)(C)C2C1. The number of hydrogen-bond donors (Lipinski definition) is 1. The molecule has 2 heteroatoms. The summed E-state index contributed by atoms with van der Waals surface area (Å²) in [4.78, 5) is 2.47. The summed E-state index contributed by atoms with van der Waals surface area (Å²) >= 11 is 0. The minimum absolute atomic E-state index is 0.513. The largest absolute Gasteiger partial charge is 0.313 e. The summed E-state index contributed by atoms with van der Waals surface area (Å²) in [6.07, 6.45) is 1.34. The van der Waals surface area contributed by atoms with Crippen molar-refractivity contribution in [3.05, 3.63) is 0 Å². The molecule has 0 aromatic heterocycles. The molecule has 2 nitrogen and oxygen atoms in total. The molecule has 12 heavy (non-hydrogen) atoms. The number of nitrogens with zero attached hydrogens (tertiary/aromatic N) is 1. The average molecular weight is 168 g/mol. The quantitative estimate of drug-likeness (QED) is 0.579. The van der Waals surface area contributed by atoms with Gasteiger partial charge < -0.3 is 10.2 Å². The van der Waals surface area contributed by atoms with Crippen LogP contribution < -0.4 is 5.32 Å². The fraction of sp³-hybridized carbons (Fsp3) is 1.00. The topological polar surface area (TPSA) is 15.3 Å². The number of likely N-dealkylation sites (tertiary alicyclic amines) is 1. The van der Waals surface area contributed by atoms with E-state index >= 15 is 0 Å². The average Bonchev–Trinajstić information content (AvgIpc) is 2.28. The van der Waals surface area contributed by atoms with Gasteiger partial charge in [0.15, 0.2) is 0 Å². The van der Waals surface area contributed by atoms with Gasteiger partial charge in [0.05, 0.1) is 0 Å². The lowest BCUT2D eigenvalue weighted by atomic mass is 9.76. The molecule has 0 aromatic carbocycles. The van der Waals surface area contributed by atoms with Crippen molar-refractivity contribution in [2.24, 2.45) is 11.3 Å². The Hall–Kier alpha value is -0.0800. The maximum atomic E-state index is 3.64. The van der Waals surface area contributed by atoms with E-state index in [0.717, 1.165) is 12.0 Å². The number of hydrogen-bond acceptors (Lipinski definition) is 2. The Balaban J connectivity index is 2.10. The molecule has 2 aliphatic rings. The molecule has 2 heterocycles. The van der Waals surface area contributed by atoms with Crippen LogP contribution in [0.15, 0.2) is 0 Å². The van der Waals surface area contributed by atoms with Crippen LogP contribution in [0.25, 0.3) is 0 Å². The lowest BCUT2D eigenvalue weighted by Gasteiger charge is -2.37. The van der Waals surface area contributed by atoms with Gasteiger partial charge in [-0.3, -0.25) is 0 Å². The van der Waals surface area contributed by atoms with Gasteiger partial charge in [-0.15, -0.1) is 0 Å². The minimum Gasteiger partial charge on any atom is -0.313 e. The summed E-state index contributed by atoms with van der Waals surface area (Å²) in [5, 5.41) is 3.64. The molecule has 2 unspecified atom stereocenters. The zero-order valence-electron chi connectivity index (χ0n) is 8.43. The normalized spacial score (nSPS) is 41.2. The molecule has 0 bridgehead atoms. The van der Waals surface area contributed by atoms with Crippen LogP contribution >= 0.6 is 0 Å². The summed E-state index contributed by atoms with van der Waals surface area (Å²) in [7, 11) is 2.24. The van der Waals surface area contributed by atoms with E-state index in [1.807, 2.05) is 0 Å². The van der Waals surface area contributed by atoms with Gasteiger partial charge in [-0.25, -0.2) is 0 Å². The van der Waals surface area contributed by atoms with Crippen LogP contribution in [-0.2, 0) is 0 Å². The van der Waals surface area contributed by atoms with Gasteiger partial charge in [0, 0.05) is 19.1 Å². The van der Waals surface area contributed by atoms with E-state index in [1.165, 1.54) is 26.1 Å².